The molecule has 0 spiro atoms. The number of hydrogen-bond donors (Lipinski definition) is 2. The molecule has 1 aromatic carbocycles. The fourth-order valence-electron chi connectivity index (χ4n) is 0.838. The Morgan fingerprint density at radius 1 is 1.43 bits per heavy atom. The van der Waals surface area contributed by atoms with E-state index in [0.29, 0.717) is 0 Å². The highest BCUT2D eigenvalue weighted by atomic mass is 35.5. The third kappa shape index (κ3) is 2.42. The fraction of sp³-hybridized carbons (Fsp3) is 0.143. The third-order valence-corrected chi connectivity index (χ3v) is 2.64. The second kappa shape index (κ2) is 3.82. The van der Waals surface area contributed by atoms with Crippen LogP contribution in [0.2, 0.25) is 5.02 Å². The third-order valence-electron chi connectivity index (χ3n) is 1.51. The zero-order valence-corrected chi connectivity index (χ0v) is 8.26. The van der Waals surface area contributed by atoms with Crippen molar-refractivity contribution in [2.45, 2.75) is 5.44 Å². The average molecular weight is 241 g/mol. The van der Waals surface area contributed by atoms with Gasteiger partial charge in [-0.25, -0.2) is 4.39 Å². The monoisotopic (exact) mass is 240 g/mol. The molecule has 0 saturated carbocycles. The second-order valence-electron chi connectivity index (χ2n) is 2.54. The van der Waals surface area contributed by atoms with E-state index >= 15 is 0 Å². The van der Waals surface area contributed by atoms with Crippen LogP contribution in [0, 0.1) is 5.82 Å². The SMILES string of the molecule is O=S(=O)(O)C(O)c1ccc(F)c(Cl)c1. The van der Waals surface area contributed by atoms with E-state index < -0.39 is 21.4 Å². The minimum Gasteiger partial charge on any atom is -0.371 e. The number of aliphatic hydroxyl groups is 1. The molecule has 0 aromatic heterocycles. The van der Waals surface area contributed by atoms with Gasteiger partial charge in [-0.2, -0.15) is 8.42 Å². The fourth-order valence-corrected chi connectivity index (χ4v) is 1.52. The Hall–Kier alpha value is -0.690. The van der Waals surface area contributed by atoms with Crippen LogP contribution in [0.15, 0.2) is 18.2 Å². The van der Waals surface area contributed by atoms with Crippen molar-refractivity contribution in [3.8, 4) is 0 Å². The minimum atomic E-state index is -4.61. The van der Waals surface area contributed by atoms with Crippen molar-refractivity contribution in [1.82, 2.24) is 0 Å². The summed E-state index contributed by atoms with van der Waals surface area (Å²) >= 11 is 5.35. The van der Waals surface area contributed by atoms with Crippen LogP contribution in [-0.2, 0) is 10.1 Å². The number of halogens is 2. The molecule has 0 radical (unpaired) electrons. The summed E-state index contributed by atoms with van der Waals surface area (Å²) in [6.45, 7) is 0. The second-order valence-corrected chi connectivity index (χ2v) is 4.42. The molecule has 0 fully saturated rings. The molecule has 0 aliphatic rings. The first-order chi connectivity index (χ1) is 6.32. The van der Waals surface area contributed by atoms with Crippen molar-refractivity contribution in [1.29, 1.82) is 0 Å². The summed E-state index contributed by atoms with van der Waals surface area (Å²) < 4.78 is 42.1. The van der Waals surface area contributed by atoms with E-state index in [1.54, 1.807) is 0 Å². The number of benzene rings is 1. The molecule has 2 N–H and O–H groups in total. The van der Waals surface area contributed by atoms with Crippen LogP contribution in [0.1, 0.15) is 11.0 Å². The molecule has 4 nitrogen and oxygen atoms in total. The summed E-state index contributed by atoms with van der Waals surface area (Å²) in [5, 5.41) is 8.72. The molecule has 0 aliphatic heterocycles. The summed E-state index contributed by atoms with van der Waals surface area (Å²) in [6.07, 6.45) is 0. The van der Waals surface area contributed by atoms with Gasteiger partial charge in [0.2, 0.25) is 5.44 Å². The summed E-state index contributed by atoms with van der Waals surface area (Å²) in [5.74, 6) is -0.738. The molecule has 0 bridgehead atoms. The van der Waals surface area contributed by atoms with Crippen molar-refractivity contribution < 1.29 is 22.5 Å². The van der Waals surface area contributed by atoms with E-state index in [-0.39, 0.29) is 10.6 Å². The maximum atomic E-state index is 12.6. The van der Waals surface area contributed by atoms with Crippen LogP contribution in [0.4, 0.5) is 4.39 Å². The molecule has 1 unspecified atom stereocenters. The van der Waals surface area contributed by atoms with Crippen LogP contribution in [0.5, 0.6) is 0 Å². The maximum Gasteiger partial charge on any atom is 0.296 e. The summed E-state index contributed by atoms with van der Waals surface area (Å²) in [6, 6.07) is 2.83. The van der Waals surface area contributed by atoms with Gasteiger partial charge in [-0.05, 0) is 17.7 Å². The zero-order chi connectivity index (χ0) is 10.9. The Morgan fingerprint density at radius 2 is 2.00 bits per heavy atom. The van der Waals surface area contributed by atoms with E-state index in [1.165, 1.54) is 0 Å². The Kier molecular flexibility index (Phi) is 3.10. The van der Waals surface area contributed by atoms with Crippen molar-refractivity contribution >= 4 is 21.7 Å². The predicted octanol–water partition coefficient (Wildman–Crippen LogP) is 1.36. The Balaban J connectivity index is 3.16. The quantitative estimate of drug-likeness (QED) is 0.766. The molecule has 78 valence electrons. The van der Waals surface area contributed by atoms with Gasteiger partial charge >= 0.3 is 0 Å². The van der Waals surface area contributed by atoms with Gasteiger partial charge in [-0.3, -0.25) is 4.55 Å². The van der Waals surface area contributed by atoms with E-state index in [9.17, 15) is 12.8 Å². The highest BCUT2D eigenvalue weighted by Gasteiger charge is 2.22. The molecule has 7 heteroatoms. The molecular weight excluding hydrogens is 235 g/mol. The van der Waals surface area contributed by atoms with Gasteiger partial charge < -0.3 is 5.11 Å². The lowest BCUT2D eigenvalue weighted by Gasteiger charge is -2.07. The molecule has 1 rings (SSSR count). The largest absolute Gasteiger partial charge is 0.371 e. The summed E-state index contributed by atoms with van der Waals surface area (Å²) in [5.41, 5.74) is -2.31. The highest BCUT2D eigenvalue weighted by Crippen LogP contribution is 2.23. The first kappa shape index (κ1) is 11.4. The van der Waals surface area contributed by atoms with E-state index in [4.69, 9.17) is 21.3 Å². The van der Waals surface area contributed by atoms with Gasteiger partial charge in [0, 0.05) is 0 Å². The van der Waals surface area contributed by atoms with Crippen molar-refractivity contribution in [2.75, 3.05) is 0 Å². The van der Waals surface area contributed by atoms with E-state index in [1.807, 2.05) is 0 Å². The van der Waals surface area contributed by atoms with Gasteiger partial charge in [-0.1, -0.05) is 17.7 Å². The molecule has 0 amide bonds. The molecule has 1 atom stereocenters. The first-order valence-electron chi connectivity index (χ1n) is 3.41. The average Bonchev–Trinajstić information content (AvgIpc) is 2.07. The normalized spacial score (nSPS) is 14.0. The maximum absolute atomic E-state index is 12.6. The first-order valence-corrected chi connectivity index (χ1v) is 5.30. The number of rotatable bonds is 2. The standard InChI is InChI=1S/C7H6ClFO4S/c8-5-3-4(1-2-6(5)9)7(10)14(11,12)13/h1-3,7,10H,(H,11,12,13). The van der Waals surface area contributed by atoms with Crippen molar-refractivity contribution in [3.63, 3.8) is 0 Å². The van der Waals surface area contributed by atoms with Crippen LogP contribution >= 0.6 is 11.6 Å². The van der Waals surface area contributed by atoms with Gasteiger partial charge in [-0.15, -0.1) is 0 Å². The lowest BCUT2D eigenvalue weighted by Crippen LogP contribution is -2.11. The number of aliphatic hydroxyl groups excluding tert-OH is 1. The Morgan fingerprint density at radius 3 is 2.43 bits per heavy atom. The lowest BCUT2D eigenvalue weighted by atomic mass is 10.2. The van der Waals surface area contributed by atoms with Crippen molar-refractivity contribution in [2.24, 2.45) is 0 Å². The van der Waals surface area contributed by atoms with Crippen LogP contribution in [0.3, 0.4) is 0 Å². The smallest absolute Gasteiger partial charge is 0.296 e. The van der Waals surface area contributed by atoms with Gasteiger partial charge in [0.05, 0.1) is 5.02 Å². The number of hydrogen-bond acceptors (Lipinski definition) is 3. The van der Waals surface area contributed by atoms with Gasteiger partial charge in [0.25, 0.3) is 10.1 Å². The molecule has 0 saturated heterocycles. The Labute approximate surface area is 84.7 Å². The minimum absolute atomic E-state index is 0.195. The summed E-state index contributed by atoms with van der Waals surface area (Å²) in [4.78, 5) is 0. The molecular formula is C7H6ClFO4S. The summed E-state index contributed by atoms with van der Waals surface area (Å²) in [7, 11) is -4.61. The van der Waals surface area contributed by atoms with E-state index in [0.717, 1.165) is 18.2 Å². The van der Waals surface area contributed by atoms with Crippen molar-refractivity contribution in [3.05, 3.63) is 34.6 Å². The predicted molar refractivity (Wildman–Crippen MR) is 47.9 cm³/mol. The lowest BCUT2D eigenvalue weighted by molar-refractivity contribution is 0.238. The molecule has 1 aromatic rings. The molecule has 14 heavy (non-hydrogen) atoms. The van der Waals surface area contributed by atoms with Gasteiger partial charge in [0.15, 0.2) is 0 Å². The topological polar surface area (TPSA) is 74.6 Å². The zero-order valence-electron chi connectivity index (χ0n) is 6.68. The van der Waals surface area contributed by atoms with Crippen LogP contribution < -0.4 is 0 Å². The molecule has 0 aliphatic carbocycles. The van der Waals surface area contributed by atoms with Crippen LogP contribution in [0.25, 0.3) is 0 Å². The van der Waals surface area contributed by atoms with Crippen LogP contribution in [-0.4, -0.2) is 18.1 Å². The van der Waals surface area contributed by atoms with E-state index in [2.05, 4.69) is 0 Å². The van der Waals surface area contributed by atoms with Gasteiger partial charge in [0.1, 0.15) is 5.82 Å². The molecule has 0 heterocycles. The highest BCUT2D eigenvalue weighted by molar-refractivity contribution is 7.85. The Bertz CT molecular complexity index is 445.